The zero-order valence-electron chi connectivity index (χ0n) is 13.1. The topological polar surface area (TPSA) is 81.9 Å². The summed E-state index contributed by atoms with van der Waals surface area (Å²) < 4.78 is 5.71. The number of nitrogens with one attached hydrogen (secondary N) is 1. The molecule has 0 radical (unpaired) electrons. The van der Waals surface area contributed by atoms with E-state index >= 15 is 0 Å². The van der Waals surface area contributed by atoms with E-state index < -0.39 is 5.60 Å². The Morgan fingerprint density at radius 3 is 2.73 bits per heavy atom. The minimum atomic E-state index is -1.05. The summed E-state index contributed by atoms with van der Waals surface area (Å²) in [6.07, 6.45) is 2.01. The Morgan fingerprint density at radius 1 is 1.32 bits per heavy atom. The van der Waals surface area contributed by atoms with Gasteiger partial charge in [-0.25, -0.2) is 0 Å². The van der Waals surface area contributed by atoms with Crippen LogP contribution in [0.2, 0.25) is 0 Å². The van der Waals surface area contributed by atoms with Crippen molar-refractivity contribution < 1.29 is 9.53 Å². The molecule has 1 N–H and O–H groups in total. The fourth-order valence-corrected chi connectivity index (χ4v) is 1.77. The Hall–Kier alpha value is -2.44. The Balaban J connectivity index is 1.96. The highest BCUT2D eigenvalue weighted by Gasteiger charge is 2.31. The van der Waals surface area contributed by atoms with Crippen molar-refractivity contribution in [3.05, 3.63) is 30.3 Å². The van der Waals surface area contributed by atoms with Gasteiger partial charge in [-0.1, -0.05) is 36.6 Å². The van der Waals surface area contributed by atoms with Gasteiger partial charge in [0.2, 0.25) is 0 Å². The van der Waals surface area contributed by atoms with Gasteiger partial charge in [-0.2, -0.15) is 4.80 Å². The van der Waals surface area contributed by atoms with Gasteiger partial charge in [0, 0.05) is 0 Å². The fraction of sp³-hybridized carbons (Fsp3) is 0.467. The summed E-state index contributed by atoms with van der Waals surface area (Å²) in [5, 5.41) is 14.5. The van der Waals surface area contributed by atoms with Gasteiger partial charge in [0.05, 0.1) is 6.54 Å². The maximum atomic E-state index is 12.3. The van der Waals surface area contributed by atoms with Gasteiger partial charge in [-0.05, 0) is 37.6 Å². The lowest BCUT2D eigenvalue weighted by Gasteiger charge is -2.24. The lowest BCUT2D eigenvalue weighted by atomic mass is 10.1. The van der Waals surface area contributed by atoms with Gasteiger partial charge in [-0.3, -0.25) is 10.1 Å². The van der Waals surface area contributed by atoms with Gasteiger partial charge < -0.3 is 4.74 Å². The quantitative estimate of drug-likeness (QED) is 0.848. The zero-order chi connectivity index (χ0) is 16.0. The van der Waals surface area contributed by atoms with Crippen LogP contribution in [0.4, 0.5) is 5.95 Å². The number of hydrogen-bond acceptors (Lipinski definition) is 5. The normalized spacial score (nSPS) is 11.2. The molecule has 7 heteroatoms. The first-order valence-corrected chi connectivity index (χ1v) is 7.34. The third-order valence-corrected chi connectivity index (χ3v) is 3.05. The van der Waals surface area contributed by atoms with Crippen LogP contribution < -0.4 is 10.1 Å². The molecule has 118 valence electrons. The van der Waals surface area contributed by atoms with Crippen LogP contribution in [0, 0.1) is 0 Å². The number of ether oxygens (including phenoxy) is 1. The van der Waals surface area contributed by atoms with E-state index in [9.17, 15) is 4.79 Å². The smallest absolute Gasteiger partial charge is 0.270 e. The lowest BCUT2D eigenvalue weighted by molar-refractivity contribution is -0.128. The minimum Gasteiger partial charge on any atom is -0.478 e. The minimum absolute atomic E-state index is 0.186. The number of aromatic nitrogens is 4. The standard InChI is InChI=1S/C15H21N5O2/c1-4-5-11-20-18-14(17-19-20)16-13(21)15(2,3)22-12-9-7-6-8-10-12/h6-10H,4-5,11H2,1-3H3,(H,16,18,21). The molecule has 0 saturated heterocycles. The Labute approximate surface area is 129 Å². The Morgan fingerprint density at radius 2 is 2.05 bits per heavy atom. The molecule has 7 nitrogen and oxygen atoms in total. The van der Waals surface area contributed by atoms with Gasteiger partial charge >= 0.3 is 0 Å². The lowest BCUT2D eigenvalue weighted by Crippen LogP contribution is -2.42. The van der Waals surface area contributed by atoms with E-state index in [0.717, 1.165) is 12.8 Å². The van der Waals surface area contributed by atoms with Gasteiger partial charge in [-0.15, -0.1) is 5.10 Å². The van der Waals surface area contributed by atoms with Crippen molar-refractivity contribution in [1.29, 1.82) is 0 Å². The maximum Gasteiger partial charge on any atom is 0.270 e. The second-order valence-corrected chi connectivity index (χ2v) is 5.44. The number of aryl methyl sites for hydroxylation is 1. The van der Waals surface area contributed by atoms with Crippen LogP contribution >= 0.6 is 0 Å². The van der Waals surface area contributed by atoms with Crippen LogP contribution in [0.5, 0.6) is 5.75 Å². The van der Waals surface area contributed by atoms with E-state index in [4.69, 9.17) is 4.74 Å². The van der Waals surface area contributed by atoms with E-state index in [1.165, 1.54) is 4.80 Å². The van der Waals surface area contributed by atoms with Crippen molar-refractivity contribution in [3.63, 3.8) is 0 Å². The molecule has 1 aromatic carbocycles. The maximum absolute atomic E-state index is 12.3. The molecule has 2 rings (SSSR count). The molecular formula is C15H21N5O2. The summed E-state index contributed by atoms with van der Waals surface area (Å²) in [4.78, 5) is 13.8. The van der Waals surface area contributed by atoms with Crippen LogP contribution in [-0.2, 0) is 11.3 Å². The van der Waals surface area contributed by atoms with Crippen LogP contribution in [0.15, 0.2) is 30.3 Å². The molecule has 0 fully saturated rings. The second kappa shape index (κ2) is 7.02. The van der Waals surface area contributed by atoms with Crippen molar-refractivity contribution in [3.8, 4) is 5.75 Å². The second-order valence-electron chi connectivity index (χ2n) is 5.44. The summed E-state index contributed by atoms with van der Waals surface area (Å²) in [5.41, 5.74) is -1.05. The molecular weight excluding hydrogens is 282 g/mol. The first-order valence-electron chi connectivity index (χ1n) is 7.34. The van der Waals surface area contributed by atoms with Crippen LogP contribution in [-0.4, -0.2) is 31.7 Å². The molecule has 1 heterocycles. The largest absolute Gasteiger partial charge is 0.478 e. The number of hydrogen-bond donors (Lipinski definition) is 1. The van der Waals surface area contributed by atoms with E-state index in [1.807, 2.05) is 18.2 Å². The highest BCUT2D eigenvalue weighted by atomic mass is 16.5. The average molecular weight is 303 g/mol. The molecule has 0 spiro atoms. The molecule has 22 heavy (non-hydrogen) atoms. The van der Waals surface area contributed by atoms with Gasteiger partial charge in [0.15, 0.2) is 5.60 Å². The van der Waals surface area contributed by atoms with Gasteiger partial charge in [0.1, 0.15) is 5.75 Å². The summed E-state index contributed by atoms with van der Waals surface area (Å²) >= 11 is 0. The molecule has 0 aliphatic rings. The van der Waals surface area contributed by atoms with Crippen molar-refractivity contribution in [1.82, 2.24) is 20.2 Å². The van der Waals surface area contributed by atoms with E-state index in [1.54, 1.807) is 26.0 Å². The Kier molecular flexibility index (Phi) is 5.08. The molecule has 1 aromatic heterocycles. The molecule has 0 unspecified atom stereocenters. The van der Waals surface area contributed by atoms with E-state index in [0.29, 0.717) is 12.3 Å². The number of tetrazole rings is 1. The number of para-hydroxylation sites is 1. The molecule has 0 bridgehead atoms. The zero-order valence-corrected chi connectivity index (χ0v) is 13.1. The first-order chi connectivity index (χ1) is 10.5. The SMILES string of the molecule is CCCCn1nnc(NC(=O)C(C)(C)Oc2ccccc2)n1. The van der Waals surface area contributed by atoms with E-state index in [2.05, 4.69) is 27.7 Å². The van der Waals surface area contributed by atoms with E-state index in [-0.39, 0.29) is 11.9 Å². The summed E-state index contributed by atoms with van der Waals surface area (Å²) in [5.74, 6) is 0.486. The van der Waals surface area contributed by atoms with Gasteiger partial charge in [0.25, 0.3) is 11.9 Å². The monoisotopic (exact) mass is 303 g/mol. The third-order valence-electron chi connectivity index (χ3n) is 3.05. The first kappa shape index (κ1) is 15.9. The number of carbonyl (C=O) groups excluding carboxylic acids is 1. The number of anilines is 1. The molecule has 0 aliphatic carbocycles. The predicted octanol–water partition coefficient (Wildman–Crippen LogP) is 2.27. The van der Waals surface area contributed by atoms with Crippen LogP contribution in [0.1, 0.15) is 33.6 Å². The molecule has 1 amide bonds. The fourth-order valence-electron chi connectivity index (χ4n) is 1.77. The van der Waals surface area contributed by atoms with Crippen molar-refractivity contribution in [2.45, 2.75) is 45.8 Å². The molecule has 0 atom stereocenters. The predicted molar refractivity (Wildman–Crippen MR) is 82.5 cm³/mol. The van der Waals surface area contributed by atoms with Crippen molar-refractivity contribution >= 4 is 11.9 Å². The highest BCUT2D eigenvalue weighted by molar-refractivity contribution is 5.95. The number of rotatable bonds is 7. The van der Waals surface area contributed by atoms with Crippen LogP contribution in [0.25, 0.3) is 0 Å². The number of carbonyl (C=O) groups is 1. The number of benzene rings is 1. The molecule has 0 aliphatic heterocycles. The van der Waals surface area contributed by atoms with Crippen LogP contribution in [0.3, 0.4) is 0 Å². The summed E-state index contributed by atoms with van der Waals surface area (Å²) in [6, 6.07) is 9.19. The molecule has 0 saturated carbocycles. The number of amides is 1. The van der Waals surface area contributed by atoms with Crippen molar-refractivity contribution in [2.24, 2.45) is 0 Å². The third kappa shape index (κ3) is 4.28. The highest BCUT2D eigenvalue weighted by Crippen LogP contribution is 2.18. The van der Waals surface area contributed by atoms with Crippen molar-refractivity contribution in [2.75, 3.05) is 5.32 Å². The average Bonchev–Trinajstić information content (AvgIpc) is 2.93. The summed E-state index contributed by atoms with van der Waals surface area (Å²) in [6.45, 7) is 6.15. The molecule has 2 aromatic rings. The number of nitrogens with zero attached hydrogens (tertiary/aromatic N) is 4. The Bertz CT molecular complexity index is 609. The summed E-state index contributed by atoms with van der Waals surface area (Å²) in [7, 11) is 0. The number of unbranched alkanes of at least 4 members (excludes halogenated alkanes) is 1.